The summed E-state index contributed by atoms with van der Waals surface area (Å²) >= 11 is 0. The lowest BCUT2D eigenvalue weighted by Gasteiger charge is -1.84. The summed E-state index contributed by atoms with van der Waals surface area (Å²) in [6.45, 7) is 0.0127. The molecule has 0 radical (unpaired) electrons. The number of hydrogen-bond donors (Lipinski definition) is 0. The highest BCUT2D eigenvalue weighted by atomic mass is 32.2. The summed E-state index contributed by atoms with van der Waals surface area (Å²) in [6, 6.07) is 0. The van der Waals surface area contributed by atoms with E-state index in [-0.39, 0.29) is 6.61 Å². The third-order valence-electron chi connectivity index (χ3n) is 0.851. The van der Waals surface area contributed by atoms with E-state index in [0.717, 1.165) is 5.41 Å². The predicted octanol–water partition coefficient (Wildman–Crippen LogP) is -0.136. The van der Waals surface area contributed by atoms with Gasteiger partial charge in [-0.05, 0) is 0 Å². The fourth-order valence-corrected chi connectivity index (χ4v) is 1.31. The molecule has 0 bridgehead atoms. The molecule has 0 amide bonds. The van der Waals surface area contributed by atoms with Gasteiger partial charge in [0.15, 0.2) is 0 Å². The molecule has 1 aliphatic rings. The smallest absolute Gasteiger partial charge is 0.261 e. The van der Waals surface area contributed by atoms with Crippen molar-refractivity contribution >= 4 is 10.1 Å². The van der Waals surface area contributed by atoms with Crippen LogP contribution in [0.5, 0.6) is 0 Å². The Morgan fingerprint density at radius 1 is 1.78 bits per heavy atom. The molecule has 0 atom stereocenters. The van der Waals surface area contributed by atoms with Gasteiger partial charge in [0.25, 0.3) is 10.1 Å². The lowest BCUT2D eigenvalue weighted by molar-refractivity contribution is 0.371. The van der Waals surface area contributed by atoms with Gasteiger partial charge in [-0.25, -0.2) is 0 Å². The summed E-state index contributed by atoms with van der Waals surface area (Å²) in [6.07, 6.45) is 4.89. The zero-order chi connectivity index (χ0) is 6.91. The maximum absolute atomic E-state index is 10.4. The van der Waals surface area contributed by atoms with Crippen molar-refractivity contribution in [1.82, 2.24) is 0 Å². The van der Waals surface area contributed by atoms with Gasteiger partial charge in [0.1, 0.15) is 6.61 Å². The normalized spacial score (nSPS) is 22.8. The van der Waals surface area contributed by atoms with Gasteiger partial charge in [-0.2, -0.15) is 8.42 Å². The van der Waals surface area contributed by atoms with Crippen LogP contribution in [0.25, 0.3) is 0 Å². The SMILES string of the molecule is C#CC1=CS(=O)(=O)OC1. The first-order valence-corrected chi connectivity index (χ1v) is 3.68. The average molecular weight is 144 g/mol. The summed E-state index contributed by atoms with van der Waals surface area (Å²) in [4.78, 5) is 0. The summed E-state index contributed by atoms with van der Waals surface area (Å²) < 4.78 is 25.1. The first kappa shape index (κ1) is 6.33. The highest BCUT2D eigenvalue weighted by Gasteiger charge is 2.16. The van der Waals surface area contributed by atoms with Crippen molar-refractivity contribution in [3.05, 3.63) is 11.0 Å². The largest absolute Gasteiger partial charge is 0.291 e. The van der Waals surface area contributed by atoms with E-state index in [4.69, 9.17) is 6.42 Å². The standard InChI is InChI=1S/C5H4O3S/c1-2-5-3-8-9(6,7)4-5/h1,4H,3H2. The second-order valence-electron chi connectivity index (χ2n) is 1.54. The lowest BCUT2D eigenvalue weighted by atomic mass is 10.3. The van der Waals surface area contributed by atoms with Crippen molar-refractivity contribution in [2.24, 2.45) is 0 Å². The van der Waals surface area contributed by atoms with Gasteiger partial charge in [0, 0.05) is 5.57 Å². The Kier molecular flexibility index (Phi) is 1.31. The van der Waals surface area contributed by atoms with Gasteiger partial charge in [-0.15, -0.1) is 6.42 Å². The Hall–Kier alpha value is -0.790. The van der Waals surface area contributed by atoms with Crippen LogP contribution >= 0.6 is 0 Å². The number of hydrogen-bond acceptors (Lipinski definition) is 3. The molecule has 3 nitrogen and oxygen atoms in total. The molecule has 9 heavy (non-hydrogen) atoms. The molecule has 0 fully saturated rings. The van der Waals surface area contributed by atoms with E-state index >= 15 is 0 Å². The molecule has 1 aliphatic heterocycles. The van der Waals surface area contributed by atoms with Gasteiger partial charge < -0.3 is 0 Å². The predicted molar refractivity (Wildman–Crippen MR) is 31.8 cm³/mol. The van der Waals surface area contributed by atoms with Crippen LogP contribution < -0.4 is 0 Å². The van der Waals surface area contributed by atoms with Crippen LogP contribution in [0.1, 0.15) is 0 Å². The van der Waals surface area contributed by atoms with Crippen molar-refractivity contribution in [3.8, 4) is 12.3 Å². The Bertz CT molecular complexity index is 278. The average Bonchev–Trinajstić information content (AvgIpc) is 2.10. The zero-order valence-corrected chi connectivity index (χ0v) is 5.31. The second kappa shape index (κ2) is 1.87. The van der Waals surface area contributed by atoms with E-state index in [2.05, 4.69) is 10.1 Å². The zero-order valence-electron chi connectivity index (χ0n) is 4.49. The van der Waals surface area contributed by atoms with Crippen molar-refractivity contribution < 1.29 is 12.6 Å². The van der Waals surface area contributed by atoms with Gasteiger partial charge in [0.05, 0.1) is 5.41 Å². The van der Waals surface area contributed by atoms with E-state index in [1.54, 1.807) is 0 Å². The van der Waals surface area contributed by atoms with E-state index in [9.17, 15) is 8.42 Å². The maximum atomic E-state index is 10.4. The second-order valence-corrected chi connectivity index (χ2v) is 3.00. The van der Waals surface area contributed by atoms with Crippen LogP contribution in [0.2, 0.25) is 0 Å². The Morgan fingerprint density at radius 2 is 2.44 bits per heavy atom. The molecule has 0 aromatic carbocycles. The summed E-state index contributed by atoms with van der Waals surface area (Å²) in [5, 5.41) is 0.951. The summed E-state index contributed by atoms with van der Waals surface area (Å²) in [5.74, 6) is 2.18. The Morgan fingerprint density at radius 3 is 2.67 bits per heavy atom. The molecule has 0 aromatic rings. The topological polar surface area (TPSA) is 43.4 Å². The van der Waals surface area contributed by atoms with Crippen molar-refractivity contribution in [3.63, 3.8) is 0 Å². The van der Waals surface area contributed by atoms with Gasteiger partial charge in [-0.1, -0.05) is 5.92 Å². The maximum Gasteiger partial charge on any atom is 0.291 e. The molecular weight excluding hydrogens is 140 g/mol. The number of rotatable bonds is 0. The van der Waals surface area contributed by atoms with Crippen molar-refractivity contribution in [2.75, 3.05) is 6.61 Å². The van der Waals surface area contributed by atoms with Crippen LogP contribution in [0.4, 0.5) is 0 Å². The number of terminal acetylenes is 1. The molecule has 0 unspecified atom stereocenters. The highest BCUT2D eigenvalue weighted by molar-refractivity contribution is 7.89. The third kappa shape index (κ3) is 1.31. The first-order chi connectivity index (χ1) is 4.14. The summed E-state index contributed by atoms with van der Waals surface area (Å²) in [5.41, 5.74) is 0.370. The van der Waals surface area contributed by atoms with Gasteiger partial charge >= 0.3 is 0 Å². The van der Waals surface area contributed by atoms with E-state index in [1.165, 1.54) is 0 Å². The molecule has 0 saturated heterocycles. The highest BCUT2D eigenvalue weighted by Crippen LogP contribution is 2.10. The van der Waals surface area contributed by atoms with E-state index in [0.29, 0.717) is 5.57 Å². The van der Waals surface area contributed by atoms with Crippen LogP contribution in [0, 0.1) is 12.3 Å². The lowest BCUT2D eigenvalue weighted by Crippen LogP contribution is -1.92. The molecule has 0 aliphatic carbocycles. The Balaban J connectivity index is 3.02. The van der Waals surface area contributed by atoms with Crippen LogP contribution in [-0.2, 0) is 14.3 Å². The fraction of sp³-hybridized carbons (Fsp3) is 0.200. The molecule has 48 valence electrons. The molecule has 4 heteroatoms. The molecule has 0 spiro atoms. The molecule has 0 N–H and O–H groups in total. The molecule has 1 rings (SSSR count). The molecular formula is C5H4O3S. The van der Waals surface area contributed by atoms with Crippen LogP contribution in [0.3, 0.4) is 0 Å². The molecule has 0 saturated carbocycles. The first-order valence-electron chi connectivity index (χ1n) is 2.21. The van der Waals surface area contributed by atoms with Crippen LogP contribution in [-0.4, -0.2) is 15.0 Å². The van der Waals surface area contributed by atoms with E-state index in [1.807, 2.05) is 0 Å². The quantitative estimate of drug-likeness (QED) is 0.351. The van der Waals surface area contributed by atoms with E-state index < -0.39 is 10.1 Å². The monoisotopic (exact) mass is 144 g/mol. The van der Waals surface area contributed by atoms with Crippen LogP contribution in [0.15, 0.2) is 11.0 Å². The Labute approximate surface area is 53.5 Å². The third-order valence-corrected chi connectivity index (χ3v) is 1.87. The minimum absolute atomic E-state index is 0.0127. The summed E-state index contributed by atoms with van der Waals surface area (Å²) in [7, 11) is -3.41. The van der Waals surface area contributed by atoms with Gasteiger partial charge in [-0.3, -0.25) is 4.18 Å². The van der Waals surface area contributed by atoms with Crippen molar-refractivity contribution in [1.29, 1.82) is 0 Å². The van der Waals surface area contributed by atoms with Gasteiger partial charge in [0.2, 0.25) is 0 Å². The minimum atomic E-state index is -3.41. The van der Waals surface area contributed by atoms with Crippen molar-refractivity contribution in [2.45, 2.75) is 0 Å². The fourth-order valence-electron chi connectivity index (χ4n) is 0.464. The molecule has 0 aromatic heterocycles. The molecule has 1 heterocycles. The minimum Gasteiger partial charge on any atom is -0.261 e.